The Labute approximate surface area is 122 Å². The van der Waals surface area contributed by atoms with Crippen molar-refractivity contribution in [1.82, 2.24) is 19.4 Å². The number of fused-ring (bicyclic) bond motifs is 1. The molecule has 1 aromatic heterocycles. The molecule has 1 aromatic rings. The molecule has 0 saturated carbocycles. The lowest BCUT2D eigenvalue weighted by atomic mass is 10.2. The van der Waals surface area contributed by atoms with E-state index in [2.05, 4.69) is 15.1 Å². The topological polar surface area (TPSA) is 107 Å². The quantitative estimate of drug-likeness (QED) is 0.806. The summed E-state index contributed by atoms with van der Waals surface area (Å²) in [6.45, 7) is 4.00. The Balaban J connectivity index is 1.92. The SMILES string of the molecule is Cc1[nH]nc(S(=O)(=O)N2CCN3CCCC3C2)c1C(=O)O. The lowest BCUT2D eigenvalue weighted by Gasteiger charge is -2.36. The second-order valence-electron chi connectivity index (χ2n) is 5.53. The lowest BCUT2D eigenvalue weighted by molar-refractivity contribution is 0.0691. The van der Waals surface area contributed by atoms with E-state index in [9.17, 15) is 18.3 Å². The predicted octanol–water partition coefficient (Wildman–Crippen LogP) is -0.115. The maximum absolute atomic E-state index is 12.7. The maximum atomic E-state index is 12.7. The number of aromatic amines is 1. The van der Waals surface area contributed by atoms with Crippen molar-refractivity contribution in [1.29, 1.82) is 0 Å². The van der Waals surface area contributed by atoms with Crippen LogP contribution < -0.4 is 0 Å². The molecule has 1 atom stereocenters. The van der Waals surface area contributed by atoms with Crippen molar-refractivity contribution < 1.29 is 18.3 Å². The minimum Gasteiger partial charge on any atom is -0.478 e. The van der Waals surface area contributed by atoms with Crippen LogP contribution in [0.25, 0.3) is 0 Å². The largest absolute Gasteiger partial charge is 0.478 e. The fourth-order valence-electron chi connectivity index (χ4n) is 3.15. The maximum Gasteiger partial charge on any atom is 0.340 e. The van der Waals surface area contributed by atoms with Gasteiger partial charge in [0.2, 0.25) is 5.03 Å². The molecule has 0 aliphatic carbocycles. The molecule has 3 rings (SSSR count). The molecule has 1 unspecified atom stereocenters. The summed E-state index contributed by atoms with van der Waals surface area (Å²) in [5.74, 6) is -1.28. The summed E-state index contributed by atoms with van der Waals surface area (Å²) >= 11 is 0. The molecule has 21 heavy (non-hydrogen) atoms. The number of aromatic carboxylic acids is 1. The van der Waals surface area contributed by atoms with Crippen LogP contribution in [0, 0.1) is 6.92 Å². The Morgan fingerprint density at radius 1 is 1.38 bits per heavy atom. The van der Waals surface area contributed by atoms with Crippen molar-refractivity contribution in [2.75, 3.05) is 26.2 Å². The summed E-state index contributed by atoms with van der Waals surface area (Å²) in [6, 6.07) is 0.238. The Kier molecular flexibility index (Phi) is 3.50. The van der Waals surface area contributed by atoms with E-state index >= 15 is 0 Å². The van der Waals surface area contributed by atoms with Crippen molar-refractivity contribution in [3.8, 4) is 0 Å². The smallest absolute Gasteiger partial charge is 0.340 e. The van der Waals surface area contributed by atoms with Gasteiger partial charge < -0.3 is 5.11 Å². The monoisotopic (exact) mass is 314 g/mol. The van der Waals surface area contributed by atoms with Crippen LogP contribution in [0.4, 0.5) is 0 Å². The zero-order chi connectivity index (χ0) is 15.2. The van der Waals surface area contributed by atoms with Crippen LogP contribution in [0.2, 0.25) is 0 Å². The van der Waals surface area contributed by atoms with Crippen LogP contribution in [-0.4, -0.2) is 71.1 Å². The highest BCUT2D eigenvalue weighted by atomic mass is 32.2. The molecule has 0 bridgehead atoms. The molecule has 2 aliphatic heterocycles. The second kappa shape index (κ2) is 5.08. The summed E-state index contributed by atoms with van der Waals surface area (Å²) in [7, 11) is -3.87. The third-order valence-corrected chi connectivity index (χ3v) is 6.06. The number of carboxylic acids is 1. The summed E-state index contributed by atoms with van der Waals surface area (Å²) in [4.78, 5) is 13.6. The van der Waals surface area contributed by atoms with Crippen molar-refractivity contribution in [2.24, 2.45) is 0 Å². The van der Waals surface area contributed by atoms with Crippen LogP contribution >= 0.6 is 0 Å². The van der Waals surface area contributed by atoms with Crippen molar-refractivity contribution in [2.45, 2.75) is 30.8 Å². The number of aromatic nitrogens is 2. The molecule has 0 aromatic carbocycles. The summed E-state index contributed by atoms with van der Waals surface area (Å²) in [5, 5.41) is 15.0. The van der Waals surface area contributed by atoms with Crippen molar-refractivity contribution in [3.05, 3.63) is 11.3 Å². The van der Waals surface area contributed by atoms with Crippen molar-refractivity contribution >= 4 is 16.0 Å². The fourth-order valence-corrected chi connectivity index (χ4v) is 4.74. The van der Waals surface area contributed by atoms with Gasteiger partial charge in [-0.25, -0.2) is 13.2 Å². The van der Waals surface area contributed by atoms with Crippen LogP contribution in [0.15, 0.2) is 5.03 Å². The van der Waals surface area contributed by atoms with E-state index < -0.39 is 16.0 Å². The molecule has 9 heteroatoms. The minimum absolute atomic E-state index is 0.238. The number of rotatable bonds is 3. The standard InChI is InChI=1S/C12H18N4O4S/c1-8-10(12(17)18)11(14-13-8)21(19,20)16-6-5-15-4-2-3-9(15)7-16/h9H,2-7H2,1H3,(H,13,14)(H,17,18). The number of carboxylic acid groups (broad SMARTS) is 1. The highest BCUT2D eigenvalue weighted by Gasteiger charge is 2.39. The van der Waals surface area contributed by atoms with E-state index in [0.29, 0.717) is 19.6 Å². The molecular weight excluding hydrogens is 296 g/mol. The van der Waals surface area contributed by atoms with E-state index in [1.54, 1.807) is 0 Å². The molecule has 8 nitrogen and oxygen atoms in total. The first-order valence-corrected chi connectivity index (χ1v) is 8.37. The molecule has 2 N–H and O–H groups in total. The number of H-pyrrole nitrogens is 1. The fraction of sp³-hybridized carbons (Fsp3) is 0.667. The normalized spacial score (nSPS) is 24.1. The molecule has 0 spiro atoms. The van der Waals surface area contributed by atoms with Gasteiger partial charge in [0.15, 0.2) is 0 Å². The van der Waals surface area contributed by atoms with Gasteiger partial charge in [-0.3, -0.25) is 10.00 Å². The number of hydrogen-bond donors (Lipinski definition) is 2. The summed E-state index contributed by atoms with van der Waals surface area (Å²) in [6.07, 6.45) is 2.07. The van der Waals surface area contributed by atoms with Gasteiger partial charge in [-0.1, -0.05) is 0 Å². The molecular formula is C12H18N4O4S. The number of sulfonamides is 1. The van der Waals surface area contributed by atoms with Crippen LogP contribution in [-0.2, 0) is 10.0 Å². The van der Waals surface area contributed by atoms with Gasteiger partial charge in [0.25, 0.3) is 10.0 Å². The summed E-state index contributed by atoms with van der Waals surface area (Å²) in [5.41, 5.74) is -0.00979. The Hall–Kier alpha value is -1.45. The van der Waals surface area contributed by atoms with Gasteiger partial charge >= 0.3 is 5.97 Å². The molecule has 2 fully saturated rings. The molecule has 2 aliphatic rings. The number of carbonyl (C=O) groups is 1. The van der Waals surface area contributed by atoms with Crippen LogP contribution in [0.3, 0.4) is 0 Å². The predicted molar refractivity (Wildman–Crippen MR) is 73.6 cm³/mol. The number of piperazine rings is 1. The minimum atomic E-state index is -3.87. The average Bonchev–Trinajstić information content (AvgIpc) is 3.03. The lowest BCUT2D eigenvalue weighted by Crippen LogP contribution is -2.52. The third kappa shape index (κ3) is 2.34. The van der Waals surface area contributed by atoms with Gasteiger partial charge in [0, 0.05) is 31.4 Å². The molecule has 3 heterocycles. The summed E-state index contributed by atoms with van der Waals surface area (Å²) < 4.78 is 26.7. The zero-order valence-electron chi connectivity index (χ0n) is 11.7. The van der Waals surface area contributed by atoms with Gasteiger partial charge in [0.1, 0.15) is 5.56 Å². The average molecular weight is 314 g/mol. The van der Waals surface area contributed by atoms with E-state index in [1.807, 2.05) is 0 Å². The number of aryl methyl sites for hydroxylation is 1. The number of nitrogens with zero attached hydrogens (tertiary/aromatic N) is 3. The molecule has 2 saturated heterocycles. The second-order valence-corrected chi connectivity index (χ2v) is 7.38. The Morgan fingerprint density at radius 2 is 2.14 bits per heavy atom. The Morgan fingerprint density at radius 3 is 2.86 bits per heavy atom. The highest BCUT2D eigenvalue weighted by Crippen LogP contribution is 2.27. The van der Waals surface area contributed by atoms with E-state index in [1.165, 1.54) is 11.2 Å². The molecule has 0 radical (unpaired) electrons. The van der Waals surface area contributed by atoms with E-state index in [0.717, 1.165) is 19.4 Å². The van der Waals surface area contributed by atoms with Crippen molar-refractivity contribution in [3.63, 3.8) is 0 Å². The highest BCUT2D eigenvalue weighted by molar-refractivity contribution is 7.89. The van der Waals surface area contributed by atoms with Crippen LogP contribution in [0.5, 0.6) is 0 Å². The van der Waals surface area contributed by atoms with Crippen LogP contribution in [0.1, 0.15) is 28.9 Å². The van der Waals surface area contributed by atoms with E-state index in [-0.39, 0.29) is 22.3 Å². The Bertz CT molecular complexity index is 669. The zero-order valence-corrected chi connectivity index (χ0v) is 12.6. The first kappa shape index (κ1) is 14.5. The van der Waals surface area contributed by atoms with Gasteiger partial charge in [-0.15, -0.1) is 0 Å². The molecule has 116 valence electrons. The third-order valence-electron chi connectivity index (χ3n) is 4.26. The molecule has 0 amide bonds. The van der Waals surface area contributed by atoms with Gasteiger partial charge in [-0.2, -0.15) is 9.40 Å². The van der Waals surface area contributed by atoms with E-state index in [4.69, 9.17) is 0 Å². The van der Waals surface area contributed by atoms with Gasteiger partial charge in [0.05, 0.1) is 0 Å². The first-order chi connectivity index (χ1) is 9.91. The number of hydrogen-bond acceptors (Lipinski definition) is 5. The number of nitrogens with one attached hydrogen (secondary N) is 1. The van der Waals surface area contributed by atoms with Gasteiger partial charge in [-0.05, 0) is 26.3 Å². The first-order valence-electron chi connectivity index (χ1n) is 6.93.